The fourth-order valence-electron chi connectivity index (χ4n) is 1.11. The van der Waals surface area contributed by atoms with E-state index in [0.29, 0.717) is 6.54 Å². The number of hydrogen-bond acceptors (Lipinski definition) is 3. The molecule has 14 heavy (non-hydrogen) atoms. The maximum Gasteiger partial charge on any atom is 0.303 e. The number of rotatable bonds is 5. The molecule has 1 aromatic carbocycles. The van der Waals surface area contributed by atoms with E-state index in [9.17, 15) is 4.21 Å². The third-order valence-electron chi connectivity index (χ3n) is 1.67. The van der Waals surface area contributed by atoms with Gasteiger partial charge < -0.3 is 0 Å². The Balaban J connectivity index is 2.28. The van der Waals surface area contributed by atoms with Crippen molar-refractivity contribution in [1.29, 1.82) is 0 Å². The second-order valence-corrected chi connectivity index (χ2v) is 3.57. The zero-order valence-electron chi connectivity index (χ0n) is 7.90. The van der Waals surface area contributed by atoms with E-state index in [4.69, 9.17) is 4.55 Å². The van der Waals surface area contributed by atoms with Crippen LogP contribution in [0.15, 0.2) is 24.3 Å². The van der Waals surface area contributed by atoms with Crippen molar-refractivity contribution in [2.24, 2.45) is 0 Å². The summed E-state index contributed by atoms with van der Waals surface area (Å²) in [7, 11) is 0. The fraction of sp³-hybridized carbons (Fsp3) is 0.333. The van der Waals surface area contributed by atoms with Gasteiger partial charge in [-0.15, -0.1) is 0 Å². The van der Waals surface area contributed by atoms with E-state index < -0.39 is 11.4 Å². The van der Waals surface area contributed by atoms with Crippen LogP contribution in [0.5, 0.6) is 0 Å². The molecule has 0 saturated heterocycles. The summed E-state index contributed by atoms with van der Waals surface area (Å²) in [5.41, 5.74) is 2.31. The highest BCUT2D eigenvalue weighted by Crippen LogP contribution is 2.02. The molecule has 0 bridgehead atoms. The molecule has 0 spiro atoms. The van der Waals surface area contributed by atoms with Gasteiger partial charge in [0.25, 0.3) is 0 Å². The van der Waals surface area contributed by atoms with Gasteiger partial charge in [0.15, 0.2) is 0 Å². The van der Waals surface area contributed by atoms with Crippen LogP contribution in [0.2, 0.25) is 0 Å². The van der Waals surface area contributed by atoms with Gasteiger partial charge in [-0.25, -0.2) is 0 Å². The monoisotopic (exact) mass is 215 g/mol. The van der Waals surface area contributed by atoms with E-state index >= 15 is 0 Å². The van der Waals surface area contributed by atoms with Crippen LogP contribution in [0.4, 0.5) is 0 Å². The maximum absolute atomic E-state index is 10.1. The number of hydrogen-bond donors (Lipinski definition) is 2. The van der Waals surface area contributed by atoms with Crippen molar-refractivity contribution in [3.05, 3.63) is 35.4 Å². The predicted molar refractivity (Wildman–Crippen MR) is 54.7 cm³/mol. The molecule has 2 N–H and O–H groups in total. The lowest BCUT2D eigenvalue weighted by Crippen LogP contribution is -2.18. The Morgan fingerprint density at radius 1 is 1.57 bits per heavy atom. The van der Waals surface area contributed by atoms with E-state index in [0.717, 1.165) is 5.56 Å². The average molecular weight is 215 g/mol. The van der Waals surface area contributed by atoms with Crippen molar-refractivity contribution in [3.8, 4) is 0 Å². The molecule has 0 fully saturated rings. The molecule has 0 radical (unpaired) electrons. The molecule has 78 valence electrons. The smallest absolute Gasteiger partial charge is 0.289 e. The predicted octanol–water partition coefficient (Wildman–Crippen LogP) is 1.20. The summed E-state index contributed by atoms with van der Waals surface area (Å²) in [5, 5.41) is 2.88. The molecule has 0 saturated carbocycles. The number of nitrogens with one attached hydrogen (secondary N) is 1. The van der Waals surface area contributed by atoms with Crippen LogP contribution < -0.4 is 5.32 Å². The Morgan fingerprint density at radius 3 is 3.00 bits per heavy atom. The lowest BCUT2D eigenvalue weighted by atomic mass is 10.1. The van der Waals surface area contributed by atoms with E-state index in [-0.39, 0.29) is 6.73 Å². The lowest BCUT2D eigenvalue weighted by Gasteiger charge is -2.04. The van der Waals surface area contributed by atoms with Gasteiger partial charge >= 0.3 is 11.4 Å². The first-order valence-electron chi connectivity index (χ1n) is 4.19. The zero-order valence-corrected chi connectivity index (χ0v) is 8.71. The number of benzene rings is 1. The van der Waals surface area contributed by atoms with Crippen LogP contribution in [0.1, 0.15) is 11.1 Å². The highest BCUT2D eigenvalue weighted by atomic mass is 32.2. The fourth-order valence-corrected chi connectivity index (χ4v) is 1.29. The van der Waals surface area contributed by atoms with Gasteiger partial charge in [0.2, 0.25) is 0 Å². The van der Waals surface area contributed by atoms with Crippen molar-refractivity contribution >= 4 is 11.4 Å². The highest BCUT2D eigenvalue weighted by Gasteiger charge is 1.94. The van der Waals surface area contributed by atoms with Gasteiger partial charge in [0, 0.05) is 6.54 Å². The average Bonchev–Trinajstić information content (AvgIpc) is 2.12. The minimum absolute atomic E-state index is 0.0665. The van der Waals surface area contributed by atoms with Crippen LogP contribution >= 0.6 is 0 Å². The van der Waals surface area contributed by atoms with Crippen molar-refractivity contribution in [3.63, 3.8) is 0 Å². The minimum Gasteiger partial charge on any atom is -0.289 e. The highest BCUT2D eigenvalue weighted by molar-refractivity contribution is 7.74. The molecule has 1 unspecified atom stereocenters. The molecule has 1 aromatic rings. The van der Waals surface area contributed by atoms with Crippen molar-refractivity contribution in [2.75, 3.05) is 6.73 Å². The summed E-state index contributed by atoms with van der Waals surface area (Å²) in [6, 6.07) is 8.01. The molecule has 0 amide bonds. The summed E-state index contributed by atoms with van der Waals surface area (Å²) >= 11 is -2.19. The molecule has 4 nitrogen and oxygen atoms in total. The summed E-state index contributed by atoms with van der Waals surface area (Å²) in [4.78, 5) is 0. The summed E-state index contributed by atoms with van der Waals surface area (Å²) in [6.07, 6.45) is 0. The van der Waals surface area contributed by atoms with Gasteiger partial charge in [-0.3, -0.25) is 14.1 Å². The molecule has 5 heteroatoms. The third-order valence-corrected chi connectivity index (χ3v) is 1.99. The SMILES string of the molecule is Cc1cccc(CNCOS(=O)O)c1. The van der Waals surface area contributed by atoms with Gasteiger partial charge in [-0.05, 0) is 12.5 Å². The number of aryl methyl sites for hydroxylation is 1. The van der Waals surface area contributed by atoms with Gasteiger partial charge in [0.1, 0.15) is 6.73 Å². The molecule has 0 heterocycles. The molecule has 0 aliphatic carbocycles. The zero-order chi connectivity index (χ0) is 10.4. The van der Waals surface area contributed by atoms with Crippen molar-refractivity contribution < 1.29 is 12.9 Å². The summed E-state index contributed by atoms with van der Waals surface area (Å²) < 4.78 is 22.8. The Morgan fingerprint density at radius 2 is 2.36 bits per heavy atom. The summed E-state index contributed by atoms with van der Waals surface area (Å²) in [6.45, 7) is 2.71. The van der Waals surface area contributed by atoms with E-state index in [1.165, 1.54) is 5.56 Å². The Kier molecular flexibility index (Phi) is 4.75. The minimum atomic E-state index is -2.19. The topological polar surface area (TPSA) is 58.6 Å². The van der Waals surface area contributed by atoms with Crippen LogP contribution in [0.3, 0.4) is 0 Å². The molecule has 1 rings (SSSR count). The Labute approximate surface area is 85.8 Å². The van der Waals surface area contributed by atoms with Crippen LogP contribution in [-0.4, -0.2) is 15.5 Å². The van der Waals surface area contributed by atoms with E-state index in [1.807, 2.05) is 31.2 Å². The van der Waals surface area contributed by atoms with E-state index in [2.05, 4.69) is 9.50 Å². The van der Waals surface area contributed by atoms with Gasteiger partial charge in [0.05, 0.1) is 0 Å². The van der Waals surface area contributed by atoms with Crippen molar-refractivity contribution in [2.45, 2.75) is 13.5 Å². The Hall–Kier alpha value is -0.750. The normalized spacial score (nSPS) is 12.7. The molecular formula is C9H13NO3S. The standard InChI is InChI=1S/C9H13NO3S/c1-8-3-2-4-9(5-8)6-10-7-13-14(11)12/h2-5,10H,6-7H2,1H3,(H,11,12). The quantitative estimate of drug-likeness (QED) is 0.440. The molecule has 0 aliphatic heterocycles. The van der Waals surface area contributed by atoms with E-state index in [1.54, 1.807) is 0 Å². The first-order chi connectivity index (χ1) is 6.68. The third kappa shape index (κ3) is 4.48. The van der Waals surface area contributed by atoms with Gasteiger partial charge in [-0.2, -0.15) is 4.21 Å². The molecular weight excluding hydrogens is 202 g/mol. The maximum atomic E-state index is 10.1. The molecule has 0 aromatic heterocycles. The second-order valence-electron chi connectivity index (χ2n) is 2.90. The lowest BCUT2D eigenvalue weighted by molar-refractivity contribution is 0.277. The van der Waals surface area contributed by atoms with Crippen LogP contribution in [0, 0.1) is 6.92 Å². The van der Waals surface area contributed by atoms with Crippen LogP contribution in [0.25, 0.3) is 0 Å². The Bertz CT molecular complexity index is 317. The first kappa shape index (κ1) is 11.3. The van der Waals surface area contributed by atoms with Crippen molar-refractivity contribution in [1.82, 2.24) is 5.32 Å². The molecule has 0 aliphatic rings. The summed E-state index contributed by atoms with van der Waals surface area (Å²) in [5.74, 6) is 0. The second kappa shape index (κ2) is 5.87. The van der Waals surface area contributed by atoms with Gasteiger partial charge in [-0.1, -0.05) is 29.8 Å². The first-order valence-corrected chi connectivity index (χ1v) is 5.22. The molecule has 1 atom stereocenters. The largest absolute Gasteiger partial charge is 0.303 e. The van der Waals surface area contributed by atoms with Crippen LogP contribution in [-0.2, 0) is 22.1 Å².